The molecule has 0 aromatic heterocycles. The molecule has 0 radical (unpaired) electrons. The first-order valence-electron chi connectivity index (χ1n) is 14.1. The first-order chi connectivity index (χ1) is 14.4. The summed E-state index contributed by atoms with van der Waals surface area (Å²) in [6.07, 6.45) is 23.1. The third kappa shape index (κ3) is 21.4. The van der Waals surface area contributed by atoms with Crippen molar-refractivity contribution in [2.45, 2.75) is 130 Å². The summed E-state index contributed by atoms with van der Waals surface area (Å²) in [4.78, 5) is 0. The third-order valence-corrected chi connectivity index (χ3v) is 7.70. The number of hydrogen-bond donors (Lipinski definition) is 0. The van der Waals surface area contributed by atoms with E-state index >= 15 is 0 Å². The van der Waals surface area contributed by atoms with Gasteiger partial charge in [-0.3, -0.25) is 0 Å². The Bertz CT molecular complexity index is 333. The van der Waals surface area contributed by atoms with E-state index < -0.39 is 0 Å². The van der Waals surface area contributed by atoms with Gasteiger partial charge in [0.05, 0.1) is 53.4 Å². The Morgan fingerprint density at radius 1 is 0.344 bits per heavy atom. The Labute approximate surface area is 226 Å². The quantitative estimate of drug-likeness (QED) is 0.127. The van der Waals surface area contributed by atoms with Crippen molar-refractivity contribution in [3.05, 3.63) is 0 Å². The molecule has 0 N–H and O–H groups in total. The van der Waals surface area contributed by atoms with E-state index in [1.54, 1.807) is 0 Å². The van der Waals surface area contributed by atoms with E-state index in [0.29, 0.717) is 0 Å². The Morgan fingerprint density at radius 3 is 0.750 bits per heavy atom. The highest BCUT2D eigenvalue weighted by Gasteiger charge is 2.17. The van der Waals surface area contributed by atoms with Crippen molar-refractivity contribution in [3.8, 4) is 0 Å². The zero-order valence-electron chi connectivity index (χ0n) is 23.2. The van der Waals surface area contributed by atoms with Gasteiger partial charge in [-0.05, 0) is 52.4 Å². The Balaban J connectivity index is -0.00000420. The van der Waals surface area contributed by atoms with Gasteiger partial charge in [-0.15, -0.1) is 0 Å². The molecule has 0 amide bonds. The van der Waals surface area contributed by atoms with Gasteiger partial charge < -0.3 is 42.9 Å². The summed E-state index contributed by atoms with van der Waals surface area (Å²) >= 11 is 0. The van der Waals surface area contributed by atoms with Crippen LogP contribution in [0.15, 0.2) is 0 Å². The molecule has 0 heterocycles. The molecule has 0 aliphatic rings. The smallest absolute Gasteiger partial charge is 0.0784 e. The molecule has 4 heteroatoms. The van der Waals surface area contributed by atoms with Gasteiger partial charge in [-0.2, -0.15) is 0 Å². The molecule has 0 saturated carbocycles. The summed E-state index contributed by atoms with van der Waals surface area (Å²) < 4.78 is 2.57. The van der Waals surface area contributed by atoms with Crippen LogP contribution in [0.1, 0.15) is 130 Å². The van der Waals surface area contributed by atoms with Crippen LogP contribution in [0.5, 0.6) is 0 Å². The van der Waals surface area contributed by atoms with Gasteiger partial charge in [0.25, 0.3) is 0 Å². The van der Waals surface area contributed by atoms with Gasteiger partial charge in [0.1, 0.15) is 0 Å². The molecule has 0 fully saturated rings. The number of hydrogen-bond acceptors (Lipinski definition) is 0. The summed E-state index contributed by atoms with van der Waals surface area (Å²) in [5, 5.41) is 0. The van der Waals surface area contributed by atoms with Crippen LogP contribution in [-0.2, 0) is 0 Å². The van der Waals surface area contributed by atoms with Crippen LogP contribution >= 0.6 is 0 Å². The van der Waals surface area contributed by atoms with Crippen molar-refractivity contribution >= 4 is 0 Å². The first kappa shape index (κ1) is 37.4. The standard InChI is InChI=1S/C28H62N2.2BrH/c1-7-25-29(5,9-3)27-23-21-19-17-15-13-11-12-14-16-18-20-22-24-28-30(6,10-4)26-8-2;;/h7-28H2,1-6H3;2*1H/q+2;;/p-2. The van der Waals surface area contributed by atoms with Crippen molar-refractivity contribution in [1.82, 2.24) is 0 Å². The fourth-order valence-corrected chi connectivity index (χ4v) is 5.04. The molecule has 198 valence electrons. The van der Waals surface area contributed by atoms with Crippen LogP contribution in [0.4, 0.5) is 0 Å². The predicted molar refractivity (Wildman–Crippen MR) is 138 cm³/mol. The zero-order chi connectivity index (χ0) is 22.6. The van der Waals surface area contributed by atoms with Gasteiger partial charge in [-0.1, -0.05) is 78.1 Å². The Morgan fingerprint density at radius 2 is 0.562 bits per heavy atom. The van der Waals surface area contributed by atoms with Crippen LogP contribution in [0, 0.1) is 0 Å². The second-order valence-corrected chi connectivity index (χ2v) is 10.7. The van der Waals surface area contributed by atoms with Crippen LogP contribution in [0.25, 0.3) is 0 Å². The minimum absolute atomic E-state index is 0. The predicted octanol–water partition coefficient (Wildman–Crippen LogP) is 2.21. The lowest BCUT2D eigenvalue weighted by atomic mass is 10.0. The van der Waals surface area contributed by atoms with E-state index in [0.717, 1.165) is 0 Å². The lowest BCUT2D eigenvalue weighted by molar-refractivity contribution is -0.908. The summed E-state index contributed by atoms with van der Waals surface area (Å²) in [6.45, 7) is 17.4. The third-order valence-electron chi connectivity index (χ3n) is 7.70. The average Bonchev–Trinajstić information content (AvgIpc) is 2.73. The van der Waals surface area contributed by atoms with Crippen molar-refractivity contribution in [2.24, 2.45) is 0 Å². The lowest BCUT2D eigenvalue weighted by Crippen LogP contribution is -3.00. The summed E-state index contributed by atoms with van der Waals surface area (Å²) in [6, 6.07) is 0. The topological polar surface area (TPSA) is 0 Å². The Kier molecular flexibility index (Phi) is 29.2. The number of halogens is 2. The molecule has 2 nitrogen and oxygen atoms in total. The second-order valence-electron chi connectivity index (χ2n) is 10.7. The van der Waals surface area contributed by atoms with Crippen LogP contribution in [0.2, 0.25) is 0 Å². The van der Waals surface area contributed by atoms with Crippen molar-refractivity contribution < 1.29 is 42.9 Å². The molecule has 0 spiro atoms. The molecule has 2 atom stereocenters. The van der Waals surface area contributed by atoms with Gasteiger partial charge in [-0.25, -0.2) is 0 Å². The van der Waals surface area contributed by atoms with E-state index in [9.17, 15) is 0 Å². The largest absolute Gasteiger partial charge is 1.00 e. The first-order valence-corrected chi connectivity index (χ1v) is 14.1. The maximum absolute atomic E-state index is 2.44. The lowest BCUT2D eigenvalue weighted by Gasteiger charge is -2.33. The van der Waals surface area contributed by atoms with Crippen molar-refractivity contribution in [3.63, 3.8) is 0 Å². The molecule has 0 rings (SSSR count). The Hall–Kier alpha value is 0.880. The summed E-state index contributed by atoms with van der Waals surface area (Å²) in [5.74, 6) is 0. The van der Waals surface area contributed by atoms with Crippen LogP contribution < -0.4 is 34.0 Å². The molecule has 32 heavy (non-hydrogen) atoms. The minimum atomic E-state index is 0. The van der Waals surface area contributed by atoms with Gasteiger partial charge >= 0.3 is 0 Å². The number of rotatable bonds is 23. The molecular weight excluding hydrogens is 524 g/mol. The molecule has 0 saturated heterocycles. The molecule has 0 aliphatic heterocycles. The number of unbranched alkanes of at least 4 members (excludes halogenated alkanes) is 13. The highest BCUT2D eigenvalue weighted by atomic mass is 79.9. The molecular formula is C28H62Br2N2. The average molecular weight is 587 g/mol. The van der Waals surface area contributed by atoms with E-state index in [1.807, 2.05) is 0 Å². The molecule has 2 unspecified atom stereocenters. The van der Waals surface area contributed by atoms with Gasteiger partial charge in [0.2, 0.25) is 0 Å². The fraction of sp³-hybridized carbons (Fsp3) is 1.00. The zero-order valence-corrected chi connectivity index (χ0v) is 26.4. The van der Waals surface area contributed by atoms with Crippen LogP contribution in [0.3, 0.4) is 0 Å². The molecule has 0 aromatic carbocycles. The highest BCUT2D eigenvalue weighted by molar-refractivity contribution is 4.50. The normalized spacial score (nSPS) is 14.8. The molecule has 0 aromatic rings. The summed E-state index contributed by atoms with van der Waals surface area (Å²) in [5.41, 5.74) is 0. The number of quaternary nitrogens is 2. The van der Waals surface area contributed by atoms with E-state index in [-0.39, 0.29) is 34.0 Å². The molecule has 0 aliphatic carbocycles. The second kappa shape index (κ2) is 25.0. The summed E-state index contributed by atoms with van der Waals surface area (Å²) in [7, 11) is 4.89. The van der Waals surface area contributed by atoms with Crippen molar-refractivity contribution in [1.29, 1.82) is 0 Å². The maximum Gasteiger partial charge on any atom is 0.0784 e. The molecule has 0 bridgehead atoms. The number of nitrogens with zero attached hydrogens (tertiary/aromatic N) is 2. The van der Waals surface area contributed by atoms with E-state index in [1.165, 1.54) is 151 Å². The highest BCUT2D eigenvalue weighted by Crippen LogP contribution is 2.15. The maximum atomic E-state index is 2.44. The van der Waals surface area contributed by atoms with E-state index in [4.69, 9.17) is 0 Å². The van der Waals surface area contributed by atoms with Crippen LogP contribution in [-0.4, -0.2) is 62.3 Å². The van der Waals surface area contributed by atoms with E-state index in [2.05, 4.69) is 41.8 Å². The van der Waals surface area contributed by atoms with Gasteiger partial charge in [0, 0.05) is 0 Å². The SMILES string of the molecule is CCC[N+](C)(CC)CCCCCCCCCCCCCCCC[N+](C)(CC)CCC.[Br-].[Br-]. The fourth-order valence-electron chi connectivity index (χ4n) is 5.04. The minimum Gasteiger partial charge on any atom is -1.00 e. The monoisotopic (exact) mass is 584 g/mol. The van der Waals surface area contributed by atoms with Crippen molar-refractivity contribution in [2.75, 3.05) is 53.4 Å². The van der Waals surface area contributed by atoms with Gasteiger partial charge in [0.15, 0.2) is 0 Å².